The van der Waals surface area contributed by atoms with E-state index >= 15 is 0 Å². The molecule has 0 atom stereocenters. The normalized spacial score (nSPS) is 12.4. The standard InChI is InChI=1S/C16H11BrN2O/c17-12-2-4-14-11(8-12)10-20-16-9-13(3-5-15(14)16)19-7-1-6-18-19/h1-9H,10H2. The second kappa shape index (κ2) is 4.49. The molecule has 0 N–H and O–H groups in total. The highest BCUT2D eigenvalue weighted by Crippen LogP contribution is 2.39. The second-order valence-electron chi connectivity index (χ2n) is 4.72. The fraction of sp³-hybridized carbons (Fsp3) is 0.0625. The lowest BCUT2D eigenvalue weighted by molar-refractivity contribution is 0.302. The van der Waals surface area contributed by atoms with Crippen molar-refractivity contribution < 1.29 is 4.74 Å². The van der Waals surface area contributed by atoms with Gasteiger partial charge in [0.2, 0.25) is 0 Å². The summed E-state index contributed by atoms with van der Waals surface area (Å²) in [7, 11) is 0. The van der Waals surface area contributed by atoms with E-state index in [1.54, 1.807) is 6.20 Å². The number of hydrogen-bond acceptors (Lipinski definition) is 2. The van der Waals surface area contributed by atoms with Crippen molar-refractivity contribution in [1.82, 2.24) is 9.78 Å². The number of fused-ring (bicyclic) bond motifs is 3. The van der Waals surface area contributed by atoms with Gasteiger partial charge in [0.25, 0.3) is 0 Å². The van der Waals surface area contributed by atoms with Gasteiger partial charge in [-0.15, -0.1) is 0 Å². The Kier molecular flexibility index (Phi) is 2.63. The highest BCUT2D eigenvalue weighted by atomic mass is 79.9. The molecule has 3 nitrogen and oxygen atoms in total. The summed E-state index contributed by atoms with van der Waals surface area (Å²) in [6.07, 6.45) is 3.70. The molecule has 1 aliphatic heterocycles. The van der Waals surface area contributed by atoms with Crippen molar-refractivity contribution in [3.05, 3.63) is 64.9 Å². The monoisotopic (exact) mass is 326 g/mol. The van der Waals surface area contributed by atoms with E-state index in [1.165, 1.54) is 11.1 Å². The Morgan fingerprint density at radius 3 is 2.85 bits per heavy atom. The molecule has 0 spiro atoms. The van der Waals surface area contributed by atoms with Gasteiger partial charge >= 0.3 is 0 Å². The van der Waals surface area contributed by atoms with Crippen molar-refractivity contribution in [2.75, 3.05) is 0 Å². The third kappa shape index (κ3) is 1.84. The van der Waals surface area contributed by atoms with Crippen molar-refractivity contribution in [2.45, 2.75) is 6.61 Å². The average Bonchev–Trinajstić information content (AvgIpc) is 3.00. The zero-order valence-electron chi connectivity index (χ0n) is 10.6. The summed E-state index contributed by atoms with van der Waals surface area (Å²) >= 11 is 3.50. The molecule has 0 unspecified atom stereocenters. The second-order valence-corrected chi connectivity index (χ2v) is 5.64. The van der Waals surface area contributed by atoms with Crippen molar-refractivity contribution in [1.29, 1.82) is 0 Å². The Balaban J connectivity index is 1.85. The molecule has 0 saturated heterocycles. The van der Waals surface area contributed by atoms with Crippen LogP contribution in [-0.4, -0.2) is 9.78 Å². The van der Waals surface area contributed by atoms with Gasteiger partial charge in [0.15, 0.2) is 0 Å². The van der Waals surface area contributed by atoms with Crippen LogP contribution in [0.5, 0.6) is 5.75 Å². The minimum Gasteiger partial charge on any atom is -0.488 e. The molecule has 2 aromatic carbocycles. The lowest BCUT2D eigenvalue weighted by Gasteiger charge is -2.21. The van der Waals surface area contributed by atoms with E-state index in [9.17, 15) is 0 Å². The van der Waals surface area contributed by atoms with Gasteiger partial charge < -0.3 is 4.74 Å². The molecule has 0 amide bonds. The third-order valence-corrected chi connectivity index (χ3v) is 3.97. The molecule has 0 fully saturated rings. The highest BCUT2D eigenvalue weighted by Gasteiger charge is 2.18. The smallest absolute Gasteiger partial charge is 0.129 e. The van der Waals surface area contributed by atoms with Gasteiger partial charge in [-0.3, -0.25) is 0 Å². The van der Waals surface area contributed by atoms with Gasteiger partial charge in [0, 0.05) is 28.5 Å². The zero-order valence-corrected chi connectivity index (χ0v) is 12.2. The maximum atomic E-state index is 5.88. The van der Waals surface area contributed by atoms with Gasteiger partial charge in [-0.05, 0) is 41.5 Å². The molecule has 4 rings (SSSR count). The molecule has 2 heterocycles. The molecule has 4 heteroatoms. The fourth-order valence-electron chi connectivity index (χ4n) is 2.52. The number of halogens is 1. The van der Waals surface area contributed by atoms with Crippen LogP contribution in [0.1, 0.15) is 5.56 Å². The van der Waals surface area contributed by atoms with E-state index in [0.29, 0.717) is 6.61 Å². The third-order valence-electron chi connectivity index (χ3n) is 3.47. The number of rotatable bonds is 1. The molecule has 0 aliphatic carbocycles. The van der Waals surface area contributed by atoms with E-state index in [1.807, 2.05) is 23.0 Å². The van der Waals surface area contributed by atoms with Gasteiger partial charge in [0.1, 0.15) is 12.4 Å². The number of nitrogens with zero attached hydrogens (tertiary/aromatic N) is 2. The first kappa shape index (κ1) is 11.7. The van der Waals surface area contributed by atoms with Gasteiger partial charge in [-0.2, -0.15) is 5.10 Å². The number of aromatic nitrogens is 2. The first-order valence-electron chi connectivity index (χ1n) is 6.37. The molecule has 0 bridgehead atoms. The SMILES string of the molecule is Brc1ccc2c(c1)COc1cc(-n3cccn3)ccc1-2. The molecule has 20 heavy (non-hydrogen) atoms. The molecule has 98 valence electrons. The van der Waals surface area contributed by atoms with Gasteiger partial charge in [-0.25, -0.2) is 4.68 Å². The Morgan fingerprint density at radius 2 is 2.00 bits per heavy atom. The predicted molar refractivity (Wildman–Crippen MR) is 81.0 cm³/mol. The van der Waals surface area contributed by atoms with Crippen LogP contribution in [0.15, 0.2) is 59.3 Å². The predicted octanol–water partition coefficient (Wildman–Crippen LogP) is 4.19. The van der Waals surface area contributed by atoms with Crippen molar-refractivity contribution in [3.63, 3.8) is 0 Å². The molecule has 1 aliphatic rings. The van der Waals surface area contributed by atoms with E-state index in [4.69, 9.17) is 4.74 Å². The zero-order chi connectivity index (χ0) is 13.5. The molecule has 0 radical (unpaired) electrons. The lowest BCUT2D eigenvalue weighted by Crippen LogP contribution is -2.06. The first-order valence-corrected chi connectivity index (χ1v) is 7.16. The lowest BCUT2D eigenvalue weighted by atomic mass is 9.97. The number of hydrogen-bond donors (Lipinski definition) is 0. The average molecular weight is 327 g/mol. The van der Waals surface area contributed by atoms with Crippen LogP contribution in [0.25, 0.3) is 16.8 Å². The van der Waals surface area contributed by atoms with E-state index < -0.39 is 0 Å². The van der Waals surface area contributed by atoms with Gasteiger partial charge in [-0.1, -0.05) is 22.0 Å². The van der Waals surface area contributed by atoms with E-state index in [0.717, 1.165) is 21.5 Å². The Bertz CT molecular complexity index is 781. The summed E-state index contributed by atoms with van der Waals surface area (Å²) in [4.78, 5) is 0. The molecule has 0 saturated carbocycles. The summed E-state index contributed by atoms with van der Waals surface area (Å²) in [5.74, 6) is 0.910. The summed E-state index contributed by atoms with van der Waals surface area (Å²) in [5, 5.41) is 4.25. The highest BCUT2D eigenvalue weighted by molar-refractivity contribution is 9.10. The van der Waals surface area contributed by atoms with Crippen molar-refractivity contribution in [2.24, 2.45) is 0 Å². The van der Waals surface area contributed by atoms with Crippen molar-refractivity contribution >= 4 is 15.9 Å². The number of ether oxygens (including phenoxy) is 1. The summed E-state index contributed by atoms with van der Waals surface area (Å²) in [6, 6.07) is 14.4. The Labute approximate surface area is 124 Å². The largest absolute Gasteiger partial charge is 0.488 e. The number of benzene rings is 2. The van der Waals surface area contributed by atoms with Crippen LogP contribution in [0.2, 0.25) is 0 Å². The van der Waals surface area contributed by atoms with E-state index in [2.05, 4.69) is 51.4 Å². The van der Waals surface area contributed by atoms with Crippen LogP contribution in [-0.2, 0) is 6.61 Å². The quantitative estimate of drug-likeness (QED) is 0.670. The van der Waals surface area contributed by atoms with Crippen molar-refractivity contribution in [3.8, 4) is 22.6 Å². The molecule has 1 aromatic heterocycles. The summed E-state index contributed by atoms with van der Waals surface area (Å²) in [5.41, 5.74) is 4.59. The molecule has 3 aromatic rings. The topological polar surface area (TPSA) is 27.1 Å². The van der Waals surface area contributed by atoms with Crippen LogP contribution >= 0.6 is 15.9 Å². The molecular formula is C16H11BrN2O. The van der Waals surface area contributed by atoms with Crippen LogP contribution in [0, 0.1) is 0 Å². The molecular weight excluding hydrogens is 316 g/mol. The van der Waals surface area contributed by atoms with Crippen LogP contribution in [0.3, 0.4) is 0 Å². The van der Waals surface area contributed by atoms with Crippen LogP contribution in [0.4, 0.5) is 0 Å². The minimum atomic E-state index is 0.602. The first-order chi connectivity index (χ1) is 9.81. The fourth-order valence-corrected chi connectivity index (χ4v) is 2.93. The summed E-state index contributed by atoms with van der Waals surface area (Å²) in [6.45, 7) is 0.602. The van der Waals surface area contributed by atoms with E-state index in [-0.39, 0.29) is 0 Å². The Morgan fingerprint density at radius 1 is 1.10 bits per heavy atom. The Hall–Kier alpha value is -2.07. The maximum absolute atomic E-state index is 5.88. The van der Waals surface area contributed by atoms with Gasteiger partial charge in [0.05, 0.1) is 5.69 Å². The van der Waals surface area contributed by atoms with Crippen LogP contribution < -0.4 is 4.74 Å². The summed E-state index contributed by atoms with van der Waals surface area (Å²) < 4.78 is 8.80. The maximum Gasteiger partial charge on any atom is 0.129 e. The minimum absolute atomic E-state index is 0.602.